The predicted octanol–water partition coefficient (Wildman–Crippen LogP) is 4.30. The number of carbonyl (C=O) groups excluding carboxylic acids is 2. The van der Waals surface area contributed by atoms with Crippen LogP contribution < -0.4 is 14.8 Å². The Morgan fingerprint density at radius 1 is 0.857 bits per heavy atom. The van der Waals surface area contributed by atoms with Gasteiger partial charge in [0.2, 0.25) is 0 Å². The first-order chi connectivity index (χ1) is 13.3. The van der Waals surface area contributed by atoms with E-state index < -0.39 is 18.2 Å². The largest absolute Gasteiger partial charge is 0.573 e. The Bertz CT molecular complexity index is 1120. The molecule has 1 aliphatic heterocycles. The van der Waals surface area contributed by atoms with Crippen molar-refractivity contribution >= 4 is 22.6 Å². The molecule has 0 spiro atoms. The Balaban J connectivity index is 1.95. The topological polar surface area (TPSA) is 64.6 Å². The lowest BCUT2D eigenvalue weighted by molar-refractivity contribution is -0.274. The molecule has 8 heteroatoms. The minimum absolute atomic E-state index is 0.176. The summed E-state index contributed by atoms with van der Waals surface area (Å²) in [6, 6.07) is 11.9. The van der Waals surface area contributed by atoms with E-state index in [2.05, 4.69) is 10.1 Å². The lowest BCUT2D eigenvalue weighted by Gasteiger charge is -2.14. The Hall–Kier alpha value is -3.55. The fraction of sp³-hybridized carbons (Fsp3) is 0.100. The molecule has 0 fully saturated rings. The normalized spacial score (nSPS) is 13.4. The van der Waals surface area contributed by atoms with Gasteiger partial charge in [0, 0.05) is 5.56 Å². The van der Waals surface area contributed by atoms with Crippen LogP contribution in [-0.4, -0.2) is 25.3 Å². The fourth-order valence-corrected chi connectivity index (χ4v) is 3.27. The molecule has 1 aliphatic rings. The molecule has 0 radical (unpaired) electrons. The molecule has 0 unspecified atom stereocenters. The van der Waals surface area contributed by atoms with Gasteiger partial charge in [-0.3, -0.25) is 14.9 Å². The first-order valence-corrected chi connectivity index (χ1v) is 8.13. The van der Waals surface area contributed by atoms with Crippen LogP contribution in [0.15, 0.2) is 48.5 Å². The zero-order valence-electron chi connectivity index (χ0n) is 14.4. The van der Waals surface area contributed by atoms with E-state index >= 15 is 0 Å². The zero-order chi connectivity index (χ0) is 20.1. The Labute approximate surface area is 156 Å². The summed E-state index contributed by atoms with van der Waals surface area (Å²) < 4.78 is 46.3. The van der Waals surface area contributed by atoms with E-state index in [1.54, 1.807) is 24.3 Å². The molecule has 0 saturated heterocycles. The van der Waals surface area contributed by atoms with Gasteiger partial charge in [-0.15, -0.1) is 13.2 Å². The van der Waals surface area contributed by atoms with Crippen LogP contribution in [0.1, 0.15) is 20.7 Å². The molecule has 2 amide bonds. The van der Waals surface area contributed by atoms with Gasteiger partial charge in [0.25, 0.3) is 11.8 Å². The molecule has 142 valence electrons. The van der Waals surface area contributed by atoms with Crippen molar-refractivity contribution in [3.63, 3.8) is 0 Å². The van der Waals surface area contributed by atoms with Gasteiger partial charge in [0.15, 0.2) is 0 Å². The van der Waals surface area contributed by atoms with Crippen LogP contribution in [0.4, 0.5) is 13.2 Å². The molecule has 3 aromatic rings. The third-order valence-corrected chi connectivity index (χ3v) is 4.42. The summed E-state index contributed by atoms with van der Waals surface area (Å²) in [4.78, 5) is 24.5. The van der Waals surface area contributed by atoms with E-state index in [0.29, 0.717) is 27.6 Å². The molecule has 28 heavy (non-hydrogen) atoms. The number of imide groups is 1. The molecule has 3 aromatic carbocycles. The summed E-state index contributed by atoms with van der Waals surface area (Å²) in [6.07, 6.45) is -4.80. The maximum absolute atomic E-state index is 12.4. The van der Waals surface area contributed by atoms with Crippen molar-refractivity contribution in [1.29, 1.82) is 0 Å². The number of ether oxygens (including phenoxy) is 2. The first kappa shape index (κ1) is 17.8. The summed E-state index contributed by atoms with van der Waals surface area (Å²) in [5.74, 6) is -0.923. The molecule has 0 aromatic heterocycles. The van der Waals surface area contributed by atoms with E-state index in [-0.39, 0.29) is 16.9 Å². The van der Waals surface area contributed by atoms with E-state index in [1.807, 2.05) is 0 Å². The molecule has 1 N–H and O–H groups in total. The quantitative estimate of drug-likeness (QED) is 0.681. The maximum atomic E-state index is 12.4. The van der Waals surface area contributed by atoms with Gasteiger partial charge < -0.3 is 9.47 Å². The molecule has 0 aliphatic carbocycles. The second-order valence-corrected chi connectivity index (χ2v) is 6.12. The summed E-state index contributed by atoms with van der Waals surface area (Å²) in [5.41, 5.74) is 1.30. The van der Waals surface area contributed by atoms with Gasteiger partial charge in [-0.2, -0.15) is 0 Å². The number of carbonyl (C=O) groups is 2. The van der Waals surface area contributed by atoms with Crippen molar-refractivity contribution < 1.29 is 32.2 Å². The summed E-state index contributed by atoms with van der Waals surface area (Å²) >= 11 is 0. The molecular formula is C20H12F3NO4. The standard InChI is InChI=1S/C20H12F3NO4/c1-27-13-7-4-11-8-15-17(19(26)24-18(15)25)16(14(11)9-13)10-2-5-12(6-3-10)28-20(21,22)23/h2-9H,1H3,(H,24,25,26). The summed E-state index contributed by atoms with van der Waals surface area (Å²) in [7, 11) is 1.49. The lowest BCUT2D eigenvalue weighted by atomic mass is 9.90. The van der Waals surface area contributed by atoms with Crippen LogP contribution in [0.3, 0.4) is 0 Å². The highest BCUT2D eigenvalue weighted by Crippen LogP contribution is 2.39. The average Bonchev–Trinajstić information content (AvgIpc) is 2.92. The van der Waals surface area contributed by atoms with Gasteiger partial charge in [-0.05, 0) is 46.7 Å². The number of alkyl halides is 3. The number of methoxy groups -OCH3 is 1. The van der Waals surface area contributed by atoms with Gasteiger partial charge in [-0.25, -0.2) is 0 Å². The third-order valence-electron chi connectivity index (χ3n) is 4.42. The van der Waals surface area contributed by atoms with Crippen molar-refractivity contribution in [2.75, 3.05) is 7.11 Å². The minimum atomic E-state index is -4.80. The lowest BCUT2D eigenvalue weighted by Crippen LogP contribution is -2.20. The predicted molar refractivity (Wildman–Crippen MR) is 94.4 cm³/mol. The average molecular weight is 387 g/mol. The highest BCUT2D eigenvalue weighted by Gasteiger charge is 2.33. The van der Waals surface area contributed by atoms with Crippen LogP contribution in [-0.2, 0) is 0 Å². The number of benzene rings is 3. The number of amides is 2. The third kappa shape index (κ3) is 3.02. The van der Waals surface area contributed by atoms with Crippen LogP contribution in [0, 0.1) is 0 Å². The van der Waals surface area contributed by atoms with E-state index in [9.17, 15) is 22.8 Å². The molecule has 4 rings (SSSR count). The first-order valence-electron chi connectivity index (χ1n) is 8.13. The molecule has 0 atom stereocenters. The van der Waals surface area contributed by atoms with E-state index in [1.165, 1.54) is 19.2 Å². The van der Waals surface area contributed by atoms with Crippen LogP contribution in [0.25, 0.3) is 21.9 Å². The minimum Gasteiger partial charge on any atom is -0.497 e. The second kappa shape index (κ2) is 6.26. The Morgan fingerprint density at radius 2 is 1.54 bits per heavy atom. The van der Waals surface area contributed by atoms with Crippen molar-refractivity contribution in [2.45, 2.75) is 6.36 Å². The van der Waals surface area contributed by atoms with Crippen LogP contribution in [0.5, 0.6) is 11.5 Å². The van der Waals surface area contributed by atoms with Crippen molar-refractivity contribution in [3.8, 4) is 22.6 Å². The number of rotatable bonds is 3. The monoisotopic (exact) mass is 387 g/mol. The number of halogens is 3. The molecular weight excluding hydrogens is 375 g/mol. The van der Waals surface area contributed by atoms with Gasteiger partial charge >= 0.3 is 6.36 Å². The van der Waals surface area contributed by atoms with Crippen molar-refractivity contribution in [2.24, 2.45) is 0 Å². The van der Waals surface area contributed by atoms with Gasteiger partial charge in [0.1, 0.15) is 11.5 Å². The van der Waals surface area contributed by atoms with Crippen LogP contribution in [0.2, 0.25) is 0 Å². The highest BCUT2D eigenvalue weighted by atomic mass is 19.4. The molecule has 0 bridgehead atoms. The number of nitrogens with one attached hydrogen (secondary N) is 1. The molecule has 1 heterocycles. The Kier molecular flexibility index (Phi) is 3.99. The fourth-order valence-electron chi connectivity index (χ4n) is 3.27. The zero-order valence-corrected chi connectivity index (χ0v) is 14.4. The van der Waals surface area contributed by atoms with Crippen molar-refractivity contribution in [3.05, 3.63) is 59.7 Å². The maximum Gasteiger partial charge on any atom is 0.573 e. The smallest absolute Gasteiger partial charge is 0.497 e. The molecule has 0 saturated carbocycles. The van der Waals surface area contributed by atoms with Gasteiger partial charge in [0.05, 0.1) is 18.2 Å². The SMILES string of the molecule is COc1ccc2cc3c(c(-c4ccc(OC(F)(F)F)cc4)c2c1)C(=O)NC3=O. The van der Waals surface area contributed by atoms with E-state index in [4.69, 9.17) is 4.74 Å². The Morgan fingerprint density at radius 3 is 2.18 bits per heavy atom. The number of hydrogen-bond acceptors (Lipinski definition) is 4. The van der Waals surface area contributed by atoms with Gasteiger partial charge in [-0.1, -0.05) is 18.2 Å². The number of fused-ring (bicyclic) bond motifs is 2. The summed E-state index contributed by atoms with van der Waals surface area (Å²) in [6.45, 7) is 0. The number of hydrogen-bond donors (Lipinski definition) is 1. The molecule has 5 nitrogen and oxygen atoms in total. The van der Waals surface area contributed by atoms with Crippen LogP contribution >= 0.6 is 0 Å². The second-order valence-electron chi connectivity index (χ2n) is 6.12. The summed E-state index contributed by atoms with van der Waals surface area (Å²) in [5, 5.41) is 3.58. The van der Waals surface area contributed by atoms with E-state index in [0.717, 1.165) is 12.1 Å². The highest BCUT2D eigenvalue weighted by molar-refractivity contribution is 6.27. The van der Waals surface area contributed by atoms with Crippen molar-refractivity contribution in [1.82, 2.24) is 5.32 Å².